The van der Waals surface area contributed by atoms with Gasteiger partial charge in [0, 0.05) is 25.7 Å². The molecule has 94 valence electrons. The van der Waals surface area contributed by atoms with Crippen molar-refractivity contribution < 1.29 is 0 Å². The fourth-order valence-electron chi connectivity index (χ4n) is 1.97. The second-order valence-electron chi connectivity index (χ2n) is 4.44. The molecule has 0 spiro atoms. The summed E-state index contributed by atoms with van der Waals surface area (Å²) in [6.45, 7) is 5.24. The second-order valence-corrected chi connectivity index (χ2v) is 4.44. The van der Waals surface area contributed by atoms with Gasteiger partial charge in [-0.3, -0.25) is 0 Å². The van der Waals surface area contributed by atoms with Crippen LogP contribution in [0.3, 0.4) is 0 Å². The monoisotopic (exact) mass is 235 g/mol. The third-order valence-electron chi connectivity index (χ3n) is 3.21. The molecule has 0 aliphatic carbocycles. The summed E-state index contributed by atoms with van der Waals surface area (Å²) in [6.07, 6.45) is 3.94. The molecule has 0 atom stereocenters. The van der Waals surface area contributed by atoms with Gasteiger partial charge in [0.05, 0.1) is 0 Å². The van der Waals surface area contributed by atoms with Crippen molar-refractivity contribution in [1.29, 1.82) is 0 Å². The Morgan fingerprint density at radius 2 is 2.18 bits per heavy atom. The molecule has 1 aliphatic rings. The minimum atomic E-state index is 0.533. The maximum atomic E-state index is 4.28. The van der Waals surface area contributed by atoms with Gasteiger partial charge in [0.2, 0.25) is 0 Å². The summed E-state index contributed by atoms with van der Waals surface area (Å²) in [6, 6.07) is 2.55. The molecule has 1 saturated heterocycles. The Morgan fingerprint density at radius 3 is 2.88 bits per heavy atom. The highest BCUT2D eigenvalue weighted by molar-refractivity contribution is 5.48. The normalized spacial score (nSPS) is 16.8. The molecular weight excluding hydrogens is 214 g/mol. The quantitative estimate of drug-likeness (QED) is 0.818. The summed E-state index contributed by atoms with van der Waals surface area (Å²) in [5, 5.41) is 6.84. The first-order chi connectivity index (χ1) is 8.29. The highest BCUT2D eigenvalue weighted by atomic mass is 15.2. The van der Waals surface area contributed by atoms with Gasteiger partial charge in [-0.1, -0.05) is 0 Å². The number of aromatic nitrogens is 2. The summed E-state index contributed by atoms with van der Waals surface area (Å²) >= 11 is 0. The van der Waals surface area contributed by atoms with Gasteiger partial charge in [0.1, 0.15) is 18.0 Å². The molecule has 0 bridgehead atoms. The van der Waals surface area contributed by atoms with E-state index >= 15 is 0 Å². The van der Waals surface area contributed by atoms with Crippen LogP contribution in [0.2, 0.25) is 0 Å². The van der Waals surface area contributed by atoms with E-state index in [1.165, 1.54) is 0 Å². The van der Waals surface area contributed by atoms with Gasteiger partial charge in [-0.05, 0) is 32.9 Å². The van der Waals surface area contributed by atoms with Crippen molar-refractivity contribution in [2.24, 2.45) is 0 Å². The van der Waals surface area contributed by atoms with Crippen molar-refractivity contribution in [1.82, 2.24) is 15.3 Å². The molecule has 5 nitrogen and oxygen atoms in total. The highest BCUT2D eigenvalue weighted by Gasteiger charge is 2.13. The van der Waals surface area contributed by atoms with Crippen LogP contribution < -0.4 is 15.5 Å². The lowest BCUT2D eigenvalue weighted by atomic mass is 10.1. The Hall–Kier alpha value is -1.36. The van der Waals surface area contributed by atoms with E-state index in [0.29, 0.717) is 6.04 Å². The van der Waals surface area contributed by atoms with Crippen molar-refractivity contribution in [3.8, 4) is 0 Å². The number of piperidine rings is 1. The first-order valence-corrected chi connectivity index (χ1v) is 6.30. The van der Waals surface area contributed by atoms with Crippen molar-refractivity contribution in [2.45, 2.75) is 25.8 Å². The van der Waals surface area contributed by atoms with E-state index in [-0.39, 0.29) is 0 Å². The lowest BCUT2D eigenvalue weighted by Gasteiger charge is -2.24. The van der Waals surface area contributed by atoms with E-state index in [2.05, 4.69) is 32.4 Å². The van der Waals surface area contributed by atoms with Gasteiger partial charge in [0.15, 0.2) is 0 Å². The molecule has 1 aliphatic heterocycles. The van der Waals surface area contributed by atoms with Crippen molar-refractivity contribution >= 4 is 11.6 Å². The summed E-state index contributed by atoms with van der Waals surface area (Å²) in [4.78, 5) is 10.7. The predicted molar refractivity (Wildman–Crippen MR) is 70.5 cm³/mol. The molecule has 5 heteroatoms. The Morgan fingerprint density at radius 1 is 1.41 bits per heavy atom. The van der Waals surface area contributed by atoms with Crippen LogP contribution in [0, 0.1) is 0 Å². The van der Waals surface area contributed by atoms with Gasteiger partial charge in [0.25, 0.3) is 0 Å². The summed E-state index contributed by atoms with van der Waals surface area (Å²) in [5.41, 5.74) is 0. The van der Waals surface area contributed by atoms with Gasteiger partial charge in [-0.2, -0.15) is 0 Å². The molecule has 2 heterocycles. The SMILES string of the molecule is CCN(C)c1cc(NC2CCNCC2)ncn1. The summed E-state index contributed by atoms with van der Waals surface area (Å²) in [7, 11) is 2.04. The lowest BCUT2D eigenvalue weighted by Crippen LogP contribution is -2.35. The fraction of sp³-hybridized carbons (Fsp3) is 0.667. The molecule has 0 unspecified atom stereocenters. The van der Waals surface area contributed by atoms with Crippen LogP contribution in [0.15, 0.2) is 12.4 Å². The van der Waals surface area contributed by atoms with E-state index in [4.69, 9.17) is 0 Å². The Labute approximate surface area is 103 Å². The average molecular weight is 235 g/mol. The molecule has 17 heavy (non-hydrogen) atoms. The van der Waals surface area contributed by atoms with Crippen LogP contribution in [-0.4, -0.2) is 42.7 Å². The van der Waals surface area contributed by atoms with Crippen molar-refractivity contribution in [2.75, 3.05) is 36.9 Å². The molecular formula is C12H21N5. The van der Waals surface area contributed by atoms with Crippen LogP contribution in [-0.2, 0) is 0 Å². The molecule has 0 radical (unpaired) electrons. The zero-order chi connectivity index (χ0) is 12.1. The number of nitrogens with zero attached hydrogens (tertiary/aromatic N) is 3. The number of anilines is 2. The topological polar surface area (TPSA) is 53.1 Å². The average Bonchev–Trinajstić information content (AvgIpc) is 2.39. The molecule has 0 saturated carbocycles. The smallest absolute Gasteiger partial charge is 0.133 e. The first kappa shape index (κ1) is 12.1. The zero-order valence-electron chi connectivity index (χ0n) is 10.6. The van der Waals surface area contributed by atoms with E-state index in [9.17, 15) is 0 Å². The van der Waals surface area contributed by atoms with Crippen LogP contribution >= 0.6 is 0 Å². The maximum absolute atomic E-state index is 4.28. The second kappa shape index (κ2) is 5.82. The predicted octanol–water partition coefficient (Wildman–Crippen LogP) is 1.10. The van der Waals surface area contributed by atoms with Crippen LogP contribution in [0.5, 0.6) is 0 Å². The Balaban J connectivity index is 2.00. The molecule has 1 fully saturated rings. The summed E-state index contributed by atoms with van der Waals surface area (Å²) < 4.78 is 0. The van der Waals surface area contributed by atoms with Crippen molar-refractivity contribution in [3.05, 3.63) is 12.4 Å². The molecule has 2 N–H and O–H groups in total. The van der Waals surface area contributed by atoms with E-state index in [1.807, 2.05) is 13.1 Å². The van der Waals surface area contributed by atoms with Crippen molar-refractivity contribution in [3.63, 3.8) is 0 Å². The zero-order valence-corrected chi connectivity index (χ0v) is 10.6. The number of hydrogen-bond acceptors (Lipinski definition) is 5. The molecule has 1 aromatic heterocycles. The fourth-order valence-corrected chi connectivity index (χ4v) is 1.97. The third kappa shape index (κ3) is 3.30. The lowest BCUT2D eigenvalue weighted by molar-refractivity contribution is 0.478. The van der Waals surface area contributed by atoms with Gasteiger partial charge in [-0.15, -0.1) is 0 Å². The Bertz CT molecular complexity index is 349. The maximum Gasteiger partial charge on any atom is 0.133 e. The first-order valence-electron chi connectivity index (χ1n) is 6.30. The molecule has 1 aromatic rings. The minimum Gasteiger partial charge on any atom is -0.367 e. The largest absolute Gasteiger partial charge is 0.367 e. The molecule has 0 aromatic carbocycles. The molecule has 0 amide bonds. The van der Waals surface area contributed by atoms with E-state index in [0.717, 1.165) is 44.1 Å². The van der Waals surface area contributed by atoms with Crippen LogP contribution in [0.25, 0.3) is 0 Å². The number of nitrogens with one attached hydrogen (secondary N) is 2. The molecule has 2 rings (SSSR count). The standard InChI is InChI=1S/C12H21N5/c1-3-17(2)12-8-11(14-9-15-12)16-10-4-6-13-7-5-10/h8-10,13H,3-7H2,1-2H3,(H,14,15,16). The van der Waals surface area contributed by atoms with Crippen LogP contribution in [0.1, 0.15) is 19.8 Å². The highest BCUT2D eigenvalue weighted by Crippen LogP contribution is 2.15. The summed E-state index contributed by atoms with van der Waals surface area (Å²) in [5.74, 6) is 1.90. The number of rotatable bonds is 4. The Kier molecular flexibility index (Phi) is 4.14. The van der Waals surface area contributed by atoms with Gasteiger partial charge < -0.3 is 15.5 Å². The van der Waals surface area contributed by atoms with Gasteiger partial charge >= 0.3 is 0 Å². The van der Waals surface area contributed by atoms with E-state index in [1.54, 1.807) is 6.33 Å². The minimum absolute atomic E-state index is 0.533. The van der Waals surface area contributed by atoms with Crippen LogP contribution in [0.4, 0.5) is 11.6 Å². The van der Waals surface area contributed by atoms with Gasteiger partial charge in [-0.25, -0.2) is 9.97 Å². The number of hydrogen-bond donors (Lipinski definition) is 2. The third-order valence-corrected chi connectivity index (χ3v) is 3.21. The van der Waals surface area contributed by atoms with E-state index < -0.39 is 0 Å².